The average molecular weight is 379 g/mol. The summed E-state index contributed by atoms with van der Waals surface area (Å²) in [5.41, 5.74) is 2.37. The minimum atomic E-state index is -0.291. The van der Waals surface area contributed by atoms with Crippen LogP contribution in [0.1, 0.15) is 6.92 Å². The van der Waals surface area contributed by atoms with Crippen LogP contribution < -0.4 is 10.1 Å². The first kappa shape index (κ1) is 17.1. The van der Waals surface area contributed by atoms with E-state index in [0.717, 1.165) is 21.3 Å². The monoisotopic (exact) mass is 379 g/mol. The summed E-state index contributed by atoms with van der Waals surface area (Å²) in [6.45, 7) is 1.45. The van der Waals surface area contributed by atoms with Crippen LogP contribution >= 0.6 is 11.3 Å². The summed E-state index contributed by atoms with van der Waals surface area (Å²) >= 11 is 1.47. The molecule has 4 aromatic rings. The summed E-state index contributed by atoms with van der Waals surface area (Å²) in [7, 11) is 0. The van der Waals surface area contributed by atoms with Crippen LogP contribution in [-0.2, 0) is 4.79 Å². The number of thiophene rings is 1. The molecule has 0 bridgehead atoms. The molecule has 5 nitrogen and oxygen atoms in total. The maximum Gasteiger partial charge on any atom is 0.231 e. The highest BCUT2D eigenvalue weighted by molar-refractivity contribution is 7.17. The number of fused-ring (bicyclic) bond motifs is 1. The zero-order valence-electron chi connectivity index (χ0n) is 14.3. The molecule has 2 aromatic carbocycles. The lowest BCUT2D eigenvalue weighted by atomic mass is 10.1. The molecule has 0 spiro atoms. The van der Waals surface area contributed by atoms with Gasteiger partial charge in [-0.2, -0.15) is 0 Å². The quantitative estimate of drug-likeness (QED) is 0.526. The molecule has 0 aliphatic carbocycles. The van der Waals surface area contributed by atoms with Gasteiger partial charge in [0.05, 0.1) is 5.39 Å². The van der Waals surface area contributed by atoms with E-state index in [-0.39, 0.29) is 11.7 Å². The normalized spacial score (nSPS) is 10.7. The number of carbonyl (C=O) groups excluding carboxylic acids is 1. The van der Waals surface area contributed by atoms with Crippen molar-refractivity contribution in [3.05, 3.63) is 66.1 Å². The fraction of sp³-hybridized carbons (Fsp3) is 0.0500. The Morgan fingerprint density at radius 1 is 1.15 bits per heavy atom. The molecule has 7 heteroatoms. The summed E-state index contributed by atoms with van der Waals surface area (Å²) in [6, 6.07) is 13.3. The topological polar surface area (TPSA) is 64.1 Å². The van der Waals surface area contributed by atoms with E-state index in [4.69, 9.17) is 4.74 Å². The van der Waals surface area contributed by atoms with Crippen LogP contribution in [0.5, 0.6) is 11.6 Å². The molecule has 0 atom stereocenters. The van der Waals surface area contributed by atoms with E-state index in [2.05, 4.69) is 15.3 Å². The van der Waals surface area contributed by atoms with Gasteiger partial charge in [-0.1, -0.05) is 18.2 Å². The van der Waals surface area contributed by atoms with Crippen LogP contribution in [0.4, 0.5) is 10.1 Å². The molecule has 134 valence electrons. The minimum Gasteiger partial charge on any atom is -0.438 e. The van der Waals surface area contributed by atoms with Gasteiger partial charge in [-0.05, 0) is 29.8 Å². The third kappa shape index (κ3) is 3.63. The van der Waals surface area contributed by atoms with E-state index in [0.29, 0.717) is 17.3 Å². The van der Waals surface area contributed by atoms with Crippen LogP contribution in [-0.4, -0.2) is 15.9 Å². The zero-order chi connectivity index (χ0) is 18.8. The van der Waals surface area contributed by atoms with Crippen molar-refractivity contribution in [2.24, 2.45) is 0 Å². The van der Waals surface area contributed by atoms with Crippen LogP contribution in [0.3, 0.4) is 0 Å². The van der Waals surface area contributed by atoms with Crippen molar-refractivity contribution in [3.8, 4) is 22.8 Å². The highest BCUT2D eigenvalue weighted by Crippen LogP contribution is 2.39. The van der Waals surface area contributed by atoms with Gasteiger partial charge >= 0.3 is 0 Å². The number of halogens is 1. The van der Waals surface area contributed by atoms with Crippen molar-refractivity contribution in [1.82, 2.24) is 9.97 Å². The molecule has 1 N–H and O–H groups in total. The molecule has 0 unspecified atom stereocenters. The minimum absolute atomic E-state index is 0.159. The van der Waals surface area contributed by atoms with Crippen LogP contribution in [0.15, 0.2) is 60.2 Å². The van der Waals surface area contributed by atoms with Crippen molar-refractivity contribution in [3.63, 3.8) is 0 Å². The van der Waals surface area contributed by atoms with Crippen molar-refractivity contribution in [1.29, 1.82) is 0 Å². The zero-order valence-corrected chi connectivity index (χ0v) is 15.1. The fourth-order valence-corrected chi connectivity index (χ4v) is 3.63. The molecule has 27 heavy (non-hydrogen) atoms. The standard InChI is InChI=1S/C20H14FN3O2S/c1-12(25)24-15-3-2-4-16(9-15)26-19-18-17(10-27-20(18)23-11-22-19)13-5-7-14(21)8-6-13/h2-11H,1H3,(H,24,25). The second-order valence-corrected chi connectivity index (χ2v) is 6.68. The predicted octanol–water partition coefficient (Wildman–Crippen LogP) is 5.25. The predicted molar refractivity (Wildman–Crippen MR) is 104 cm³/mol. The molecule has 0 aliphatic rings. The SMILES string of the molecule is CC(=O)Nc1cccc(Oc2ncnc3scc(-c4ccc(F)cc4)c23)c1. The number of benzene rings is 2. The van der Waals surface area contributed by atoms with E-state index in [1.54, 1.807) is 36.4 Å². The van der Waals surface area contributed by atoms with E-state index in [1.165, 1.54) is 36.7 Å². The average Bonchev–Trinajstić information content (AvgIpc) is 3.07. The Kier molecular flexibility index (Phi) is 4.52. The summed E-state index contributed by atoms with van der Waals surface area (Å²) in [5.74, 6) is 0.492. The third-order valence-electron chi connectivity index (χ3n) is 3.86. The summed E-state index contributed by atoms with van der Waals surface area (Å²) in [4.78, 5) is 20.6. The van der Waals surface area contributed by atoms with Gasteiger partial charge in [0.2, 0.25) is 11.8 Å². The molecule has 0 aliphatic heterocycles. The maximum atomic E-state index is 13.3. The lowest BCUT2D eigenvalue weighted by Crippen LogP contribution is -2.05. The van der Waals surface area contributed by atoms with E-state index in [9.17, 15) is 9.18 Å². The molecule has 0 radical (unpaired) electrons. The van der Waals surface area contributed by atoms with Gasteiger partial charge in [-0.25, -0.2) is 14.4 Å². The maximum absolute atomic E-state index is 13.3. The Labute approximate surface area is 158 Å². The highest BCUT2D eigenvalue weighted by Gasteiger charge is 2.15. The largest absolute Gasteiger partial charge is 0.438 e. The number of amides is 1. The molecule has 0 saturated heterocycles. The Hall–Kier alpha value is -3.32. The van der Waals surface area contributed by atoms with E-state index < -0.39 is 0 Å². The second-order valence-electron chi connectivity index (χ2n) is 5.83. The summed E-state index contributed by atoms with van der Waals surface area (Å²) < 4.78 is 19.2. The van der Waals surface area contributed by atoms with Gasteiger partial charge in [0.25, 0.3) is 0 Å². The van der Waals surface area contributed by atoms with Crippen molar-refractivity contribution in [2.75, 3.05) is 5.32 Å². The van der Waals surface area contributed by atoms with E-state index >= 15 is 0 Å². The van der Waals surface area contributed by atoms with Gasteiger partial charge in [-0.15, -0.1) is 11.3 Å². The number of rotatable bonds is 4. The molecule has 0 fully saturated rings. The number of hydrogen-bond donors (Lipinski definition) is 1. The number of hydrogen-bond acceptors (Lipinski definition) is 5. The van der Waals surface area contributed by atoms with Gasteiger partial charge in [0, 0.05) is 29.6 Å². The Bertz CT molecular complexity index is 1130. The molecular formula is C20H14FN3O2S. The van der Waals surface area contributed by atoms with Crippen LogP contribution in [0, 0.1) is 5.82 Å². The van der Waals surface area contributed by atoms with Gasteiger partial charge in [0.15, 0.2) is 0 Å². The number of anilines is 1. The van der Waals surface area contributed by atoms with Gasteiger partial charge < -0.3 is 10.1 Å². The Morgan fingerprint density at radius 3 is 2.74 bits per heavy atom. The van der Waals surface area contributed by atoms with E-state index in [1.807, 2.05) is 5.38 Å². The van der Waals surface area contributed by atoms with Crippen LogP contribution in [0.25, 0.3) is 21.3 Å². The molecular weight excluding hydrogens is 365 g/mol. The number of nitrogens with zero attached hydrogens (tertiary/aromatic N) is 2. The number of nitrogens with one attached hydrogen (secondary N) is 1. The fourth-order valence-electron chi connectivity index (χ4n) is 2.72. The number of carbonyl (C=O) groups is 1. The third-order valence-corrected chi connectivity index (χ3v) is 4.75. The van der Waals surface area contributed by atoms with Crippen molar-refractivity contribution >= 4 is 33.1 Å². The van der Waals surface area contributed by atoms with Gasteiger partial charge in [-0.3, -0.25) is 4.79 Å². The lowest BCUT2D eigenvalue weighted by molar-refractivity contribution is -0.114. The first-order chi connectivity index (χ1) is 13.1. The summed E-state index contributed by atoms with van der Waals surface area (Å²) in [5, 5.41) is 5.44. The molecule has 2 heterocycles. The number of ether oxygens (including phenoxy) is 1. The first-order valence-electron chi connectivity index (χ1n) is 8.14. The van der Waals surface area contributed by atoms with Crippen molar-refractivity contribution < 1.29 is 13.9 Å². The Balaban J connectivity index is 1.75. The highest BCUT2D eigenvalue weighted by atomic mass is 32.1. The van der Waals surface area contributed by atoms with Crippen LogP contribution in [0.2, 0.25) is 0 Å². The molecule has 0 saturated carbocycles. The molecule has 1 amide bonds. The van der Waals surface area contributed by atoms with Gasteiger partial charge in [0.1, 0.15) is 22.7 Å². The lowest BCUT2D eigenvalue weighted by Gasteiger charge is -2.09. The number of aromatic nitrogens is 2. The molecule has 4 rings (SSSR count). The second kappa shape index (κ2) is 7.13. The Morgan fingerprint density at radius 2 is 1.96 bits per heavy atom. The summed E-state index contributed by atoms with van der Waals surface area (Å²) in [6.07, 6.45) is 1.44. The first-order valence-corrected chi connectivity index (χ1v) is 9.02. The molecule has 2 aromatic heterocycles. The smallest absolute Gasteiger partial charge is 0.231 e. The van der Waals surface area contributed by atoms with Crippen molar-refractivity contribution in [2.45, 2.75) is 6.92 Å².